The Balaban J connectivity index is 2.15. The van der Waals surface area contributed by atoms with Crippen LogP contribution in [0.2, 0.25) is 0 Å². The number of carbonyl (C=O) groups is 3. The summed E-state index contributed by atoms with van der Waals surface area (Å²) in [6, 6.07) is 4.59. The monoisotopic (exact) mass is 307 g/mol. The van der Waals surface area contributed by atoms with Gasteiger partial charge in [0.05, 0.1) is 23.4 Å². The normalized spacial score (nSPS) is 13.0. The van der Waals surface area contributed by atoms with Crippen LogP contribution >= 0.6 is 0 Å². The average Bonchev–Trinajstić information content (AvgIpc) is 2.68. The first-order chi connectivity index (χ1) is 10.4. The third kappa shape index (κ3) is 3.03. The quantitative estimate of drug-likeness (QED) is 0.360. The zero-order valence-electron chi connectivity index (χ0n) is 11.7. The van der Waals surface area contributed by atoms with Gasteiger partial charge in [-0.1, -0.05) is 6.07 Å². The van der Waals surface area contributed by atoms with E-state index in [4.69, 9.17) is 0 Å². The minimum absolute atomic E-state index is 0.000300. The molecule has 0 radical (unpaired) electrons. The van der Waals surface area contributed by atoms with Crippen molar-refractivity contribution in [1.82, 2.24) is 4.90 Å². The molecule has 0 fully saturated rings. The molecule has 0 bridgehead atoms. The molecule has 0 spiro atoms. The first-order valence-corrected chi connectivity index (χ1v) is 6.46. The largest absolute Gasteiger partial charge is 0.326 e. The van der Waals surface area contributed by atoms with E-state index in [-0.39, 0.29) is 42.3 Å². The molecule has 1 N–H and O–H groups in total. The van der Waals surface area contributed by atoms with Crippen molar-refractivity contribution in [2.24, 2.45) is 0 Å². The Bertz CT molecular complexity index is 657. The van der Waals surface area contributed by atoms with Gasteiger partial charge in [-0.25, -0.2) is 0 Å². The Morgan fingerprint density at radius 2 is 2.09 bits per heavy atom. The van der Waals surface area contributed by atoms with Crippen LogP contribution in [0.4, 0.5) is 5.69 Å². The summed E-state index contributed by atoms with van der Waals surface area (Å²) < 4.78 is 0. The van der Waals surface area contributed by atoms with Crippen molar-refractivity contribution in [3.05, 3.63) is 39.4 Å². The van der Waals surface area contributed by atoms with E-state index >= 15 is 0 Å². The molecule has 22 heavy (non-hydrogen) atoms. The molecule has 9 heteroatoms. The molecule has 1 aliphatic rings. The molecule has 0 saturated heterocycles. The predicted octanol–water partition coefficient (Wildman–Crippen LogP) is 0.839. The van der Waals surface area contributed by atoms with E-state index in [1.54, 1.807) is 6.07 Å². The van der Waals surface area contributed by atoms with E-state index in [0.29, 0.717) is 0 Å². The molecule has 3 amide bonds. The molecular formula is C13H13N3O6. The fraction of sp³-hybridized carbons (Fsp3) is 0.308. The second-order valence-electron chi connectivity index (χ2n) is 4.58. The van der Waals surface area contributed by atoms with Crippen LogP contribution in [0, 0.1) is 10.1 Å². The van der Waals surface area contributed by atoms with Crippen LogP contribution in [-0.4, -0.2) is 40.9 Å². The molecule has 1 aromatic carbocycles. The van der Waals surface area contributed by atoms with Gasteiger partial charge < -0.3 is 10.2 Å². The Kier molecular flexibility index (Phi) is 4.35. The van der Waals surface area contributed by atoms with Crippen LogP contribution in [0.1, 0.15) is 34.1 Å². The average molecular weight is 307 g/mol. The molecule has 116 valence electrons. The van der Waals surface area contributed by atoms with E-state index in [9.17, 15) is 24.5 Å². The molecule has 0 atom stereocenters. The van der Waals surface area contributed by atoms with E-state index in [1.165, 1.54) is 19.1 Å². The highest BCUT2D eigenvalue weighted by atomic mass is 16.9. The maximum absolute atomic E-state index is 12.3. The fourth-order valence-electron chi connectivity index (χ4n) is 2.19. The van der Waals surface area contributed by atoms with Crippen LogP contribution in [0.15, 0.2) is 18.2 Å². The van der Waals surface area contributed by atoms with Gasteiger partial charge in [0.1, 0.15) is 0 Å². The zero-order chi connectivity index (χ0) is 16.3. The molecule has 1 aromatic rings. The third-order valence-electron chi connectivity index (χ3n) is 3.03. The van der Waals surface area contributed by atoms with Gasteiger partial charge in [-0.15, -0.1) is 10.1 Å². The summed E-state index contributed by atoms with van der Waals surface area (Å²) in [5, 5.41) is 11.6. The lowest BCUT2D eigenvalue weighted by Gasteiger charge is -2.13. The van der Waals surface area contributed by atoms with E-state index in [1.807, 2.05) is 0 Å². The molecule has 0 unspecified atom stereocenters. The van der Waals surface area contributed by atoms with E-state index < -0.39 is 16.9 Å². The highest BCUT2D eigenvalue weighted by Crippen LogP contribution is 2.29. The summed E-state index contributed by atoms with van der Waals surface area (Å²) in [5.74, 6) is -1.38. The van der Waals surface area contributed by atoms with Crippen molar-refractivity contribution in [2.75, 3.05) is 18.5 Å². The number of amides is 3. The topological polar surface area (TPSA) is 119 Å². The Labute approximate surface area is 124 Å². The van der Waals surface area contributed by atoms with Gasteiger partial charge in [0, 0.05) is 13.5 Å². The number of imide groups is 1. The summed E-state index contributed by atoms with van der Waals surface area (Å²) in [7, 11) is 0. The van der Waals surface area contributed by atoms with Gasteiger partial charge >= 0.3 is 0 Å². The van der Waals surface area contributed by atoms with Gasteiger partial charge in [-0.05, 0) is 18.6 Å². The molecule has 0 aliphatic carbocycles. The minimum Gasteiger partial charge on any atom is -0.326 e. The van der Waals surface area contributed by atoms with Crippen molar-refractivity contribution in [3.8, 4) is 0 Å². The molecule has 9 nitrogen and oxygen atoms in total. The SMILES string of the molecule is CC(=O)Nc1cccc2c1C(=O)N(CCCO[N+](=O)[O-])C2=O. The van der Waals surface area contributed by atoms with Crippen LogP contribution in [-0.2, 0) is 9.63 Å². The van der Waals surface area contributed by atoms with Crippen molar-refractivity contribution < 1.29 is 24.3 Å². The molecule has 0 aromatic heterocycles. The fourth-order valence-corrected chi connectivity index (χ4v) is 2.19. The summed E-state index contributed by atoms with van der Waals surface area (Å²) in [4.78, 5) is 50.8. The number of benzene rings is 1. The standard InChI is InChI=1S/C13H13N3O6/c1-8(17)14-10-5-2-4-9-11(10)13(19)15(12(9)18)6-3-7-22-16(20)21/h2,4-5H,3,6-7H2,1H3,(H,14,17). The second-order valence-corrected chi connectivity index (χ2v) is 4.58. The predicted molar refractivity (Wildman–Crippen MR) is 73.7 cm³/mol. The molecule has 2 rings (SSSR count). The van der Waals surface area contributed by atoms with Gasteiger partial charge in [0.25, 0.3) is 16.9 Å². The Morgan fingerprint density at radius 3 is 2.73 bits per heavy atom. The first-order valence-electron chi connectivity index (χ1n) is 6.46. The van der Waals surface area contributed by atoms with Crippen molar-refractivity contribution in [3.63, 3.8) is 0 Å². The minimum atomic E-state index is -0.933. The lowest BCUT2D eigenvalue weighted by Crippen LogP contribution is -2.31. The molecule has 1 aliphatic heterocycles. The number of nitrogens with zero attached hydrogens (tertiary/aromatic N) is 2. The Morgan fingerprint density at radius 1 is 1.36 bits per heavy atom. The lowest BCUT2D eigenvalue weighted by molar-refractivity contribution is -0.757. The maximum Gasteiger partial charge on any atom is 0.294 e. The number of hydrogen-bond acceptors (Lipinski definition) is 6. The maximum atomic E-state index is 12.3. The van der Waals surface area contributed by atoms with Gasteiger partial charge in [0.15, 0.2) is 0 Å². The Hall–Kier alpha value is -2.97. The van der Waals surface area contributed by atoms with Gasteiger partial charge in [0.2, 0.25) is 5.91 Å². The number of anilines is 1. The van der Waals surface area contributed by atoms with Crippen LogP contribution < -0.4 is 5.32 Å². The molecule has 1 heterocycles. The number of rotatable bonds is 6. The smallest absolute Gasteiger partial charge is 0.294 e. The summed E-state index contributed by atoms with van der Waals surface area (Å²) in [6.45, 7) is 1.09. The van der Waals surface area contributed by atoms with Crippen molar-refractivity contribution in [1.29, 1.82) is 0 Å². The highest BCUT2D eigenvalue weighted by Gasteiger charge is 2.37. The zero-order valence-corrected chi connectivity index (χ0v) is 11.7. The van der Waals surface area contributed by atoms with Crippen molar-refractivity contribution >= 4 is 23.4 Å². The lowest BCUT2D eigenvalue weighted by atomic mass is 10.1. The number of hydrogen-bond donors (Lipinski definition) is 1. The number of fused-ring (bicyclic) bond motifs is 1. The second kappa shape index (κ2) is 6.20. The van der Waals surface area contributed by atoms with Crippen LogP contribution in [0.5, 0.6) is 0 Å². The van der Waals surface area contributed by atoms with Crippen LogP contribution in [0.25, 0.3) is 0 Å². The molecular weight excluding hydrogens is 294 g/mol. The van der Waals surface area contributed by atoms with Gasteiger partial charge in [-0.3, -0.25) is 19.3 Å². The summed E-state index contributed by atoms with van der Waals surface area (Å²) in [6.07, 6.45) is 0.141. The summed E-state index contributed by atoms with van der Waals surface area (Å²) in [5.41, 5.74) is 0.608. The highest BCUT2D eigenvalue weighted by molar-refractivity contribution is 6.24. The summed E-state index contributed by atoms with van der Waals surface area (Å²) >= 11 is 0. The third-order valence-corrected chi connectivity index (χ3v) is 3.03. The van der Waals surface area contributed by atoms with Crippen LogP contribution in [0.3, 0.4) is 0 Å². The van der Waals surface area contributed by atoms with E-state index in [2.05, 4.69) is 10.2 Å². The van der Waals surface area contributed by atoms with Gasteiger partial charge in [-0.2, -0.15) is 0 Å². The van der Waals surface area contributed by atoms with Crippen molar-refractivity contribution in [2.45, 2.75) is 13.3 Å². The molecule has 0 saturated carbocycles. The van der Waals surface area contributed by atoms with E-state index in [0.717, 1.165) is 4.90 Å². The first kappa shape index (κ1) is 15.4. The number of carbonyl (C=O) groups excluding carboxylic acids is 3. The number of nitrogens with one attached hydrogen (secondary N) is 1.